The van der Waals surface area contributed by atoms with Gasteiger partial charge >= 0.3 is 5.97 Å². The lowest BCUT2D eigenvalue weighted by Crippen LogP contribution is -2.23. The number of hydrogen-bond acceptors (Lipinski definition) is 5. The Kier molecular flexibility index (Phi) is 4.33. The van der Waals surface area contributed by atoms with Gasteiger partial charge in [-0.2, -0.15) is 0 Å². The van der Waals surface area contributed by atoms with Crippen LogP contribution in [-0.4, -0.2) is 32.4 Å². The van der Waals surface area contributed by atoms with Gasteiger partial charge in [0.1, 0.15) is 6.04 Å². The Morgan fingerprint density at radius 2 is 1.83 bits per heavy atom. The Morgan fingerprint density at radius 3 is 2.22 bits per heavy atom. The molecular weight excluding hydrogens is 245 g/mol. The van der Waals surface area contributed by atoms with E-state index in [0.29, 0.717) is 0 Å². The molecule has 1 rings (SSSR count). The number of benzene rings is 1. The highest BCUT2D eigenvalue weighted by Crippen LogP contribution is 2.40. The fourth-order valence-corrected chi connectivity index (χ4v) is 1.53. The maximum absolute atomic E-state index is 14.0. The standard InChI is InChI=1S/C11H14FNO5/c1-16-5-4-6(17-2)10(18-3)7(8(5)12)9(13)11(14)15/h4,9H,13H2,1-3H3,(H,14,15). The Labute approximate surface area is 103 Å². The molecule has 0 saturated heterocycles. The first kappa shape index (κ1) is 14.0. The van der Waals surface area contributed by atoms with E-state index in [2.05, 4.69) is 0 Å². The monoisotopic (exact) mass is 259 g/mol. The van der Waals surface area contributed by atoms with Crippen molar-refractivity contribution in [3.8, 4) is 17.2 Å². The van der Waals surface area contributed by atoms with Gasteiger partial charge in [0, 0.05) is 6.07 Å². The highest BCUT2D eigenvalue weighted by atomic mass is 19.1. The van der Waals surface area contributed by atoms with Crippen LogP contribution >= 0.6 is 0 Å². The van der Waals surface area contributed by atoms with Crippen LogP contribution in [0.25, 0.3) is 0 Å². The Bertz CT molecular complexity index is 463. The highest BCUT2D eigenvalue weighted by Gasteiger charge is 2.28. The zero-order valence-corrected chi connectivity index (χ0v) is 10.2. The molecule has 1 aromatic rings. The molecule has 0 aliphatic carbocycles. The SMILES string of the molecule is COc1cc(OC)c(OC)c(C(N)C(=O)O)c1F. The highest BCUT2D eigenvalue weighted by molar-refractivity contribution is 5.77. The average Bonchev–Trinajstić information content (AvgIpc) is 2.36. The summed E-state index contributed by atoms with van der Waals surface area (Å²) in [5, 5.41) is 8.88. The van der Waals surface area contributed by atoms with Gasteiger partial charge in [0.15, 0.2) is 23.1 Å². The number of carbonyl (C=O) groups is 1. The molecule has 100 valence electrons. The summed E-state index contributed by atoms with van der Waals surface area (Å²) in [6.07, 6.45) is 0. The molecule has 6 nitrogen and oxygen atoms in total. The maximum atomic E-state index is 14.0. The molecule has 0 aliphatic heterocycles. The second-order valence-corrected chi connectivity index (χ2v) is 3.36. The minimum Gasteiger partial charge on any atom is -0.494 e. The van der Waals surface area contributed by atoms with Crippen LogP contribution in [0.1, 0.15) is 11.6 Å². The minimum atomic E-state index is -1.58. The van der Waals surface area contributed by atoms with Gasteiger partial charge in [0.05, 0.1) is 26.9 Å². The zero-order chi connectivity index (χ0) is 13.9. The fourth-order valence-electron chi connectivity index (χ4n) is 1.53. The van der Waals surface area contributed by atoms with Crippen molar-refractivity contribution in [1.29, 1.82) is 0 Å². The summed E-state index contributed by atoms with van der Waals surface area (Å²) in [5.41, 5.74) is 5.11. The van der Waals surface area contributed by atoms with Crippen molar-refractivity contribution in [1.82, 2.24) is 0 Å². The topological polar surface area (TPSA) is 91.0 Å². The van der Waals surface area contributed by atoms with Crippen molar-refractivity contribution in [2.75, 3.05) is 21.3 Å². The summed E-state index contributed by atoms with van der Waals surface area (Å²) in [6, 6.07) is -0.323. The van der Waals surface area contributed by atoms with E-state index < -0.39 is 17.8 Å². The molecule has 0 radical (unpaired) electrons. The number of hydrogen-bond donors (Lipinski definition) is 2. The molecule has 0 heterocycles. The Balaban J connectivity index is 3.57. The molecule has 0 spiro atoms. The van der Waals surface area contributed by atoms with Gasteiger partial charge in [-0.05, 0) is 0 Å². The first-order valence-electron chi connectivity index (χ1n) is 4.94. The molecule has 1 aromatic carbocycles. The van der Waals surface area contributed by atoms with Gasteiger partial charge < -0.3 is 25.1 Å². The molecule has 0 amide bonds. The summed E-state index contributed by atoms with van der Waals surface area (Å²) in [4.78, 5) is 10.9. The second-order valence-electron chi connectivity index (χ2n) is 3.36. The van der Waals surface area contributed by atoms with Crippen LogP contribution in [0.15, 0.2) is 6.07 Å². The van der Waals surface area contributed by atoms with Crippen molar-refractivity contribution >= 4 is 5.97 Å². The molecule has 0 aromatic heterocycles. The smallest absolute Gasteiger partial charge is 0.325 e. The van der Waals surface area contributed by atoms with E-state index in [1.807, 2.05) is 0 Å². The van der Waals surface area contributed by atoms with E-state index in [4.69, 9.17) is 25.1 Å². The molecule has 1 atom stereocenters. The van der Waals surface area contributed by atoms with Crippen molar-refractivity contribution < 1.29 is 28.5 Å². The van der Waals surface area contributed by atoms with Gasteiger partial charge in [0.25, 0.3) is 0 Å². The number of carboxylic acids is 1. The molecule has 0 saturated carbocycles. The maximum Gasteiger partial charge on any atom is 0.325 e. The lowest BCUT2D eigenvalue weighted by atomic mass is 10.0. The van der Waals surface area contributed by atoms with E-state index in [0.717, 1.165) is 0 Å². The molecule has 7 heteroatoms. The third-order valence-electron chi connectivity index (χ3n) is 2.40. The number of nitrogens with two attached hydrogens (primary N) is 1. The van der Waals surface area contributed by atoms with Crippen molar-refractivity contribution in [3.05, 3.63) is 17.4 Å². The Hall–Kier alpha value is -2.02. The first-order chi connectivity index (χ1) is 8.47. The molecule has 1 unspecified atom stereocenters. The average molecular weight is 259 g/mol. The quantitative estimate of drug-likeness (QED) is 0.817. The van der Waals surface area contributed by atoms with E-state index in [-0.39, 0.29) is 22.8 Å². The van der Waals surface area contributed by atoms with Crippen LogP contribution in [0.4, 0.5) is 4.39 Å². The van der Waals surface area contributed by atoms with Gasteiger partial charge in [-0.15, -0.1) is 0 Å². The third kappa shape index (κ3) is 2.30. The van der Waals surface area contributed by atoms with E-state index in [1.54, 1.807) is 0 Å². The van der Waals surface area contributed by atoms with Gasteiger partial charge in [0.2, 0.25) is 0 Å². The normalized spacial score (nSPS) is 11.8. The number of halogens is 1. The van der Waals surface area contributed by atoms with Crippen LogP contribution < -0.4 is 19.9 Å². The molecule has 18 heavy (non-hydrogen) atoms. The number of methoxy groups -OCH3 is 3. The predicted octanol–water partition coefficient (Wildman–Crippen LogP) is 0.936. The summed E-state index contributed by atoms with van der Waals surface area (Å²) in [7, 11) is 3.85. The molecule has 3 N–H and O–H groups in total. The molecule has 0 aliphatic rings. The number of aliphatic carboxylic acids is 1. The Morgan fingerprint density at radius 1 is 1.28 bits per heavy atom. The number of ether oxygens (including phenoxy) is 3. The van der Waals surface area contributed by atoms with Crippen molar-refractivity contribution in [2.45, 2.75) is 6.04 Å². The lowest BCUT2D eigenvalue weighted by Gasteiger charge is -2.18. The van der Waals surface area contributed by atoms with E-state index >= 15 is 0 Å². The first-order valence-corrected chi connectivity index (χ1v) is 4.94. The van der Waals surface area contributed by atoms with Crippen molar-refractivity contribution in [2.24, 2.45) is 5.73 Å². The third-order valence-corrected chi connectivity index (χ3v) is 2.40. The molecule has 0 bridgehead atoms. The molecule has 0 fully saturated rings. The van der Waals surface area contributed by atoms with Crippen LogP contribution in [0.2, 0.25) is 0 Å². The number of rotatable bonds is 5. The summed E-state index contributed by atoms with van der Waals surface area (Å²) < 4.78 is 28.8. The molecular formula is C11H14FNO5. The summed E-state index contributed by atoms with van der Waals surface area (Å²) >= 11 is 0. The summed E-state index contributed by atoms with van der Waals surface area (Å²) in [5.74, 6) is -2.36. The largest absolute Gasteiger partial charge is 0.494 e. The van der Waals surface area contributed by atoms with Crippen LogP contribution in [0.5, 0.6) is 17.2 Å². The lowest BCUT2D eigenvalue weighted by molar-refractivity contribution is -0.138. The zero-order valence-electron chi connectivity index (χ0n) is 10.2. The van der Waals surface area contributed by atoms with Gasteiger partial charge in [-0.3, -0.25) is 4.79 Å². The van der Waals surface area contributed by atoms with Crippen LogP contribution in [0, 0.1) is 5.82 Å². The minimum absolute atomic E-state index is 0.0642. The second kappa shape index (κ2) is 5.54. The van der Waals surface area contributed by atoms with Crippen LogP contribution in [-0.2, 0) is 4.79 Å². The van der Waals surface area contributed by atoms with Crippen LogP contribution in [0.3, 0.4) is 0 Å². The summed E-state index contributed by atoms with van der Waals surface area (Å²) in [6.45, 7) is 0. The van der Waals surface area contributed by atoms with Crippen molar-refractivity contribution in [3.63, 3.8) is 0 Å². The predicted molar refractivity (Wildman–Crippen MR) is 60.6 cm³/mol. The van der Waals surface area contributed by atoms with Gasteiger partial charge in [-0.25, -0.2) is 4.39 Å². The van der Waals surface area contributed by atoms with E-state index in [1.165, 1.54) is 27.4 Å². The van der Waals surface area contributed by atoms with Gasteiger partial charge in [-0.1, -0.05) is 0 Å². The number of carboxylic acid groups (broad SMARTS) is 1. The fraction of sp³-hybridized carbons (Fsp3) is 0.364. The van der Waals surface area contributed by atoms with E-state index in [9.17, 15) is 9.18 Å².